The van der Waals surface area contributed by atoms with E-state index < -0.39 is 0 Å². The molecule has 0 spiro atoms. The number of nitrogens with two attached hydrogens (primary N) is 1. The Morgan fingerprint density at radius 2 is 2.39 bits per heavy atom. The molecule has 1 aliphatic rings. The van der Waals surface area contributed by atoms with Crippen molar-refractivity contribution < 1.29 is 9.47 Å². The Bertz CT molecular complexity index is 392. The fraction of sp³-hybridized carbons (Fsp3) is 0.615. The third-order valence-electron chi connectivity index (χ3n) is 3.22. The lowest BCUT2D eigenvalue weighted by Crippen LogP contribution is -2.32. The van der Waals surface area contributed by atoms with E-state index in [1.165, 1.54) is 0 Å². The first kappa shape index (κ1) is 13.0. The van der Waals surface area contributed by atoms with Crippen LogP contribution in [0.2, 0.25) is 0 Å². The largest absolute Gasteiger partial charge is 0.479 e. The summed E-state index contributed by atoms with van der Waals surface area (Å²) in [5.74, 6) is 1.37. The predicted octanol–water partition coefficient (Wildman–Crippen LogP) is 1.68. The predicted molar refractivity (Wildman–Crippen MR) is 72.1 cm³/mol. The van der Waals surface area contributed by atoms with E-state index >= 15 is 0 Å². The summed E-state index contributed by atoms with van der Waals surface area (Å²) in [6, 6.07) is 3.76. The summed E-state index contributed by atoms with van der Waals surface area (Å²) in [4.78, 5) is 6.62. The zero-order valence-corrected chi connectivity index (χ0v) is 11.1. The van der Waals surface area contributed by atoms with Crippen LogP contribution in [0.15, 0.2) is 12.1 Å². The van der Waals surface area contributed by atoms with Crippen molar-refractivity contribution in [1.82, 2.24) is 4.98 Å². The van der Waals surface area contributed by atoms with Crippen LogP contribution in [0.25, 0.3) is 0 Å². The lowest BCUT2D eigenvalue weighted by Gasteiger charge is -2.25. The van der Waals surface area contributed by atoms with Gasteiger partial charge in [0, 0.05) is 19.7 Å². The van der Waals surface area contributed by atoms with Gasteiger partial charge in [0.15, 0.2) is 0 Å². The lowest BCUT2D eigenvalue weighted by molar-refractivity contribution is 0.115. The fourth-order valence-corrected chi connectivity index (χ4v) is 2.20. The molecular weight excluding hydrogens is 230 g/mol. The van der Waals surface area contributed by atoms with Gasteiger partial charge in [-0.25, -0.2) is 0 Å². The van der Waals surface area contributed by atoms with Crippen LogP contribution in [0.3, 0.4) is 0 Å². The fourth-order valence-electron chi connectivity index (χ4n) is 2.20. The molecule has 5 heteroatoms. The van der Waals surface area contributed by atoms with Gasteiger partial charge in [-0.2, -0.15) is 4.98 Å². The van der Waals surface area contributed by atoms with E-state index in [2.05, 4.69) is 16.8 Å². The summed E-state index contributed by atoms with van der Waals surface area (Å²) < 4.78 is 10.8. The molecule has 2 heterocycles. The first-order chi connectivity index (χ1) is 8.74. The van der Waals surface area contributed by atoms with Crippen LogP contribution in [-0.2, 0) is 4.74 Å². The molecule has 1 atom stereocenters. The van der Waals surface area contributed by atoms with E-state index in [1.807, 2.05) is 12.1 Å². The van der Waals surface area contributed by atoms with Gasteiger partial charge < -0.3 is 20.1 Å². The molecule has 0 bridgehead atoms. The molecule has 0 aromatic carbocycles. The number of nitrogen functional groups attached to an aromatic ring is 1. The first-order valence-corrected chi connectivity index (χ1v) is 6.41. The highest BCUT2D eigenvalue weighted by atomic mass is 16.5. The smallest absolute Gasteiger partial charge is 0.238 e. The van der Waals surface area contributed by atoms with Gasteiger partial charge in [-0.05, 0) is 31.9 Å². The molecule has 2 N–H and O–H groups in total. The second-order valence-electron chi connectivity index (χ2n) is 4.44. The molecule has 18 heavy (non-hydrogen) atoms. The standard InChI is InChI=1S/C13H21N3O2/c1-3-16(9-10-5-4-8-18-10)12-7-6-11(14)13(15-12)17-2/h6-7,10H,3-5,8-9,14H2,1-2H3. The van der Waals surface area contributed by atoms with Crippen LogP contribution in [-0.4, -0.2) is 37.9 Å². The van der Waals surface area contributed by atoms with Crippen molar-refractivity contribution in [2.24, 2.45) is 0 Å². The maximum absolute atomic E-state index is 5.77. The number of rotatable bonds is 5. The number of nitrogens with zero attached hydrogens (tertiary/aromatic N) is 2. The Balaban J connectivity index is 2.10. The normalized spacial score (nSPS) is 18.9. The lowest BCUT2D eigenvalue weighted by atomic mass is 10.2. The van der Waals surface area contributed by atoms with Gasteiger partial charge in [0.05, 0.1) is 18.9 Å². The molecule has 0 amide bonds. The van der Waals surface area contributed by atoms with Gasteiger partial charge in [-0.1, -0.05) is 0 Å². The zero-order chi connectivity index (χ0) is 13.0. The molecule has 1 aromatic rings. The van der Waals surface area contributed by atoms with Crippen LogP contribution < -0.4 is 15.4 Å². The Hall–Kier alpha value is -1.49. The minimum atomic E-state index is 0.315. The summed E-state index contributed by atoms with van der Waals surface area (Å²) in [5, 5.41) is 0. The number of anilines is 2. The number of hydrogen-bond acceptors (Lipinski definition) is 5. The monoisotopic (exact) mass is 251 g/mol. The van der Waals surface area contributed by atoms with E-state index in [4.69, 9.17) is 15.2 Å². The Kier molecular flexibility index (Phi) is 4.25. The second kappa shape index (κ2) is 5.91. The molecule has 1 fully saturated rings. The average Bonchev–Trinajstić information content (AvgIpc) is 2.89. The number of pyridine rings is 1. The number of hydrogen-bond donors (Lipinski definition) is 1. The molecule has 0 radical (unpaired) electrons. The molecule has 1 aliphatic heterocycles. The Labute approximate surface area is 108 Å². The van der Waals surface area contributed by atoms with Gasteiger partial charge in [0.25, 0.3) is 0 Å². The van der Waals surface area contributed by atoms with Gasteiger partial charge in [0.2, 0.25) is 5.88 Å². The van der Waals surface area contributed by atoms with Crippen molar-refractivity contribution >= 4 is 11.5 Å². The minimum absolute atomic E-state index is 0.315. The highest BCUT2D eigenvalue weighted by molar-refractivity contribution is 5.54. The van der Waals surface area contributed by atoms with E-state index in [-0.39, 0.29) is 0 Å². The summed E-state index contributed by atoms with van der Waals surface area (Å²) in [6.07, 6.45) is 2.60. The van der Waals surface area contributed by atoms with E-state index in [1.54, 1.807) is 7.11 Å². The van der Waals surface area contributed by atoms with Gasteiger partial charge in [-0.15, -0.1) is 0 Å². The quantitative estimate of drug-likeness (QED) is 0.862. The second-order valence-corrected chi connectivity index (χ2v) is 4.44. The van der Waals surface area contributed by atoms with Crippen molar-refractivity contribution in [3.8, 4) is 5.88 Å². The van der Waals surface area contributed by atoms with E-state index in [9.17, 15) is 0 Å². The maximum atomic E-state index is 5.77. The van der Waals surface area contributed by atoms with Gasteiger partial charge >= 0.3 is 0 Å². The molecular formula is C13H21N3O2. The highest BCUT2D eigenvalue weighted by Crippen LogP contribution is 2.24. The minimum Gasteiger partial charge on any atom is -0.479 e. The van der Waals surface area contributed by atoms with Crippen molar-refractivity contribution in [3.05, 3.63) is 12.1 Å². The molecule has 1 aromatic heterocycles. The van der Waals surface area contributed by atoms with Crippen LogP contribution >= 0.6 is 0 Å². The molecule has 1 saturated heterocycles. The number of ether oxygens (including phenoxy) is 2. The van der Waals surface area contributed by atoms with Gasteiger partial charge in [-0.3, -0.25) is 0 Å². The van der Waals surface area contributed by atoms with Crippen molar-refractivity contribution in [2.45, 2.75) is 25.9 Å². The molecule has 0 saturated carbocycles. The van der Waals surface area contributed by atoms with Crippen LogP contribution in [0.5, 0.6) is 5.88 Å². The van der Waals surface area contributed by atoms with Crippen LogP contribution in [0, 0.1) is 0 Å². The average molecular weight is 251 g/mol. The van der Waals surface area contributed by atoms with Crippen molar-refractivity contribution in [1.29, 1.82) is 0 Å². The van der Waals surface area contributed by atoms with E-state index in [0.29, 0.717) is 17.7 Å². The molecule has 2 rings (SSSR count). The highest BCUT2D eigenvalue weighted by Gasteiger charge is 2.19. The third kappa shape index (κ3) is 2.85. The SMILES string of the molecule is CCN(CC1CCCO1)c1ccc(N)c(OC)n1. The summed E-state index contributed by atoms with van der Waals surface area (Å²) >= 11 is 0. The van der Waals surface area contributed by atoms with E-state index in [0.717, 1.165) is 38.4 Å². The molecule has 1 unspecified atom stereocenters. The zero-order valence-electron chi connectivity index (χ0n) is 11.1. The number of methoxy groups -OCH3 is 1. The summed E-state index contributed by atoms with van der Waals surface area (Å²) in [6.45, 7) is 4.75. The molecule has 0 aliphatic carbocycles. The first-order valence-electron chi connectivity index (χ1n) is 6.41. The summed E-state index contributed by atoms with van der Waals surface area (Å²) in [5.41, 5.74) is 6.34. The van der Waals surface area contributed by atoms with Crippen molar-refractivity contribution in [3.63, 3.8) is 0 Å². The maximum Gasteiger partial charge on any atom is 0.238 e. The van der Waals surface area contributed by atoms with Crippen molar-refractivity contribution in [2.75, 3.05) is 37.4 Å². The Morgan fingerprint density at radius 3 is 3.00 bits per heavy atom. The van der Waals surface area contributed by atoms with Crippen LogP contribution in [0.1, 0.15) is 19.8 Å². The summed E-state index contributed by atoms with van der Waals surface area (Å²) in [7, 11) is 1.58. The molecule has 100 valence electrons. The number of likely N-dealkylation sites (N-methyl/N-ethyl adjacent to an activating group) is 1. The van der Waals surface area contributed by atoms with Crippen LogP contribution in [0.4, 0.5) is 11.5 Å². The third-order valence-corrected chi connectivity index (χ3v) is 3.22. The Morgan fingerprint density at radius 1 is 1.56 bits per heavy atom. The van der Waals surface area contributed by atoms with Gasteiger partial charge in [0.1, 0.15) is 5.82 Å². The molecule has 5 nitrogen and oxygen atoms in total. The topological polar surface area (TPSA) is 60.6 Å². The number of aromatic nitrogens is 1.